The number of hydrogen-bond donors (Lipinski definition) is 3. The number of carboxylic acid groups (broad SMARTS) is 1. The predicted octanol–water partition coefficient (Wildman–Crippen LogP) is 0.883. The van der Waals surface area contributed by atoms with E-state index >= 15 is 0 Å². The van der Waals surface area contributed by atoms with Crippen LogP contribution < -0.4 is 11.1 Å². The molecule has 1 aromatic rings. The number of amides is 2. The van der Waals surface area contributed by atoms with Gasteiger partial charge in [0.2, 0.25) is 5.91 Å². The van der Waals surface area contributed by atoms with E-state index in [-0.39, 0.29) is 25.9 Å². The van der Waals surface area contributed by atoms with Gasteiger partial charge in [-0.1, -0.05) is 0 Å². The quantitative estimate of drug-likeness (QED) is 0.708. The van der Waals surface area contributed by atoms with E-state index in [0.29, 0.717) is 11.3 Å². The normalized spacial score (nSPS) is 16.5. The summed E-state index contributed by atoms with van der Waals surface area (Å²) < 4.78 is 4.62. The van der Waals surface area contributed by atoms with E-state index in [9.17, 15) is 14.4 Å². The Hall–Kier alpha value is -2.77. The smallest absolute Gasteiger partial charge is 0.407 e. The van der Waals surface area contributed by atoms with E-state index in [1.54, 1.807) is 24.3 Å². The lowest BCUT2D eigenvalue weighted by atomic mass is 9.86. The maximum atomic E-state index is 11.9. The van der Waals surface area contributed by atoms with Crippen LogP contribution in [0, 0.1) is 0 Å². The minimum atomic E-state index is -1.01. The molecule has 1 aromatic carbocycles. The van der Waals surface area contributed by atoms with Gasteiger partial charge in [0.05, 0.1) is 12.7 Å². The van der Waals surface area contributed by atoms with Crippen molar-refractivity contribution in [1.82, 2.24) is 4.90 Å². The fourth-order valence-electron chi connectivity index (χ4n) is 2.60. The average Bonchev–Trinajstić information content (AvgIpc) is 2.55. The van der Waals surface area contributed by atoms with Crippen LogP contribution >= 0.6 is 0 Å². The summed E-state index contributed by atoms with van der Waals surface area (Å²) >= 11 is 0. The van der Waals surface area contributed by atoms with E-state index in [0.717, 1.165) is 0 Å². The Kier molecular flexibility index (Phi) is 4.73. The molecule has 1 aliphatic heterocycles. The van der Waals surface area contributed by atoms with Crippen LogP contribution in [0.1, 0.15) is 23.2 Å². The lowest BCUT2D eigenvalue weighted by Crippen LogP contribution is -2.57. The molecular weight excluding hydrogens is 302 g/mol. The Labute approximate surface area is 133 Å². The van der Waals surface area contributed by atoms with Gasteiger partial charge < -0.3 is 25.8 Å². The monoisotopic (exact) mass is 321 g/mol. The molecule has 0 aromatic heterocycles. The predicted molar refractivity (Wildman–Crippen MR) is 82.2 cm³/mol. The molecule has 2 amide bonds. The van der Waals surface area contributed by atoms with E-state index < -0.39 is 23.5 Å². The third-order valence-electron chi connectivity index (χ3n) is 4.05. The molecule has 0 atom stereocenters. The lowest BCUT2D eigenvalue weighted by molar-refractivity contribution is -0.123. The number of methoxy groups -OCH3 is 1. The number of piperidine rings is 1. The first-order valence-corrected chi connectivity index (χ1v) is 7.12. The summed E-state index contributed by atoms with van der Waals surface area (Å²) in [6, 6.07) is 6.46. The van der Waals surface area contributed by atoms with Crippen molar-refractivity contribution in [2.75, 3.05) is 25.5 Å². The second-order valence-corrected chi connectivity index (χ2v) is 5.41. The zero-order valence-corrected chi connectivity index (χ0v) is 12.7. The van der Waals surface area contributed by atoms with Gasteiger partial charge in [-0.15, -0.1) is 0 Å². The summed E-state index contributed by atoms with van der Waals surface area (Å²) in [5.74, 6) is -0.976. The molecule has 0 unspecified atom stereocenters. The molecule has 1 saturated heterocycles. The summed E-state index contributed by atoms with van der Waals surface area (Å²) in [4.78, 5) is 35.5. The highest BCUT2D eigenvalue weighted by Gasteiger charge is 2.41. The number of esters is 1. The standard InChI is InChI=1S/C15H19N3O5/c1-23-12(19)10-2-4-11(5-3-10)17-15(13(16)20)6-8-18(9-7-15)14(21)22/h2-5,17H,6-9H2,1H3,(H2,16,20)(H,21,22). The van der Waals surface area contributed by atoms with Crippen LogP contribution in [0.25, 0.3) is 0 Å². The van der Waals surface area contributed by atoms with Crippen molar-refractivity contribution < 1.29 is 24.2 Å². The molecule has 1 fully saturated rings. The summed E-state index contributed by atoms with van der Waals surface area (Å²) in [7, 11) is 1.30. The number of carbonyl (C=O) groups is 3. The zero-order valence-electron chi connectivity index (χ0n) is 12.7. The number of nitrogens with zero attached hydrogens (tertiary/aromatic N) is 1. The Balaban J connectivity index is 2.13. The number of carbonyl (C=O) groups excluding carboxylic acids is 2. The summed E-state index contributed by atoms with van der Waals surface area (Å²) in [5.41, 5.74) is 5.55. The first-order valence-electron chi connectivity index (χ1n) is 7.12. The molecule has 8 heteroatoms. The lowest BCUT2D eigenvalue weighted by Gasteiger charge is -2.39. The minimum absolute atomic E-state index is 0.228. The Morgan fingerprint density at radius 1 is 1.22 bits per heavy atom. The Morgan fingerprint density at radius 2 is 1.78 bits per heavy atom. The van der Waals surface area contributed by atoms with Crippen molar-refractivity contribution in [2.45, 2.75) is 18.4 Å². The van der Waals surface area contributed by atoms with Crippen LogP contribution in [0.3, 0.4) is 0 Å². The van der Waals surface area contributed by atoms with Gasteiger partial charge in [-0.3, -0.25) is 4.79 Å². The minimum Gasteiger partial charge on any atom is -0.465 e. The molecule has 0 aliphatic carbocycles. The van der Waals surface area contributed by atoms with Crippen LogP contribution in [0.4, 0.5) is 10.5 Å². The first kappa shape index (κ1) is 16.6. The van der Waals surface area contributed by atoms with Gasteiger partial charge in [0.15, 0.2) is 0 Å². The van der Waals surface area contributed by atoms with Crippen LogP contribution in [0.5, 0.6) is 0 Å². The number of benzene rings is 1. The van der Waals surface area contributed by atoms with Gasteiger partial charge in [0.25, 0.3) is 0 Å². The van der Waals surface area contributed by atoms with Crippen LogP contribution in [-0.4, -0.2) is 53.7 Å². The zero-order chi connectivity index (χ0) is 17.0. The molecule has 2 rings (SSSR count). The molecular formula is C15H19N3O5. The molecule has 124 valence electrons. The number of ether oxygens (including phenoxy) is 1. The highest BCUT2D eigenvalue weighted by atomic mass is 16.5. The topological polar surface area (TPSA) is 122 Å². The van der Waals surface area contributed by atoms with Gasteiger partial charge in [-0.2, -0.15) is 0 Å². The van der Waals surface area contributed by atoms with E-state index in [1.807, 2.05) is 0 Å². The summed E-state index contributed by atoms with van der Waals surface area (Å²) in [6.07, 6.45) is -0.439. The molecule has 23 heavy (non-hydrogen) atoms. The molecule has 0 saturated carbocycles. The number of anilines is 1. The number of hydrogen-bond acceptors (Lipinski definition) is 5. The summed E-state index contributed by atoms with van der Waals surface area (Å²) in [6.45, 7) is 0.455. The Bertz CT molecular complexity index is 606. The van der Waals surface area contributed by atoms with Gasteiger partial charge >= 0.3 is 12.1 Å². The van der Waals surface area contributed by atoms with Gasteiger partial charge in [-0.25, -0.2) is 9.59 Å². The van der Waals surface area contributed by atoms with Gasteiger partial charge in [0, 0.05) is 18.8 Å². The molecule has 0 bridgehead atoms. The van der Waals surface area contributed by atoms with Crippen LogP contribution in [0.2, 0.25) is 0 Å². The number of nitrogens with one attached hydrogen (secondary N) is 1. The second kappa shape index (κ2) is 6.55. The molecule has 8 nitrogen and oxygen atoms in total. The third kappa shape index (κ3) is 3.53. The fourth-order valence-corrected chi connectivity index (χ4v) is 2.60. The van der Waals surface area contributed by atoms with Crippen LogP contribution in [0.15, 0.2) is 24.3 Å². The third-order valence-corrected chi connectivity index (χ3v) is 4.05. The van der Waals surface area contributed by atoms with Gasteiger partial charge in [-0.05, 0) is 37.1 Å². The van der Waals surface area contributed by atoms with E-state index in [4.69, 9.17) is 10.8 Å². The van der Waals surface area contributed by atoms with Crippen molar-refractivity contribution in [3.63, 3.8) is 0 Å². The summed E-state index contributed by atoms with van der Waals surface area (Å²) in [5, 5.41) is 12.1. The molecule has 0 radical (unpaired) electrons. The van der Waals surface area contributed by atoms with Crippen molar-refractivity contribution in [3.8, 4) is 0 Å². The SMILES string of the molecule is COC(=O)c1ccc(NC2(C(N)=O)CCN(C(=O)O)CC2)cc1. The maximum absolute atomic E-state index is 11.9. The van der Waals surface area contributed by atoms with Crippen LogP contribution in [-0.2, 0) is 9.53 Å². The van der Waals surface area contributed by atoms with Gasteiger partial charge in [0.1, 0.15) is 5.54 Å². The van der Waals surface area contributed by atoms with Crippen molar-refractivity contribution in [2.24, 2.45) is 5.73 Å². The van der Waals surface area contributed by atoms with E-state index in [1.165, 1.54) is 12.0 Å². The number of likely N-dealkylation sites (tertiary alicyclic amines) is 1. The first-order chi connectivity index (χ1) is 10.9. The number of primary amides is 1. The molecule has 1 heterocycles. The number of nitrogens with two attached hydrogens (primary N) is 1. The molecule has 1 aliphatic rings. The van der Waals surface area contributed by atoms with Crippen molar-refractivity contribution >= 4 is 23.7 Å². The van der Waals surface area contributed by atoms with Crippen molar-refractivity contribution in [1.29, 1.82) is 0 Å². The largest absolute Gasteiger partial charge is 0.465 e. The fraction of sp³-hybridized carbons (Fsp3) is 0.400. The Morgan fingerprint density at radius 3 is 2.22 bits per heavy atom. The maximum Gasteiger partial charge on any atom is 0.407 e. The second-order valence-electron chi connectivity index (χ2n) is 5.41. The average molecular weight is 321 g/mol. The van der Waals surface area contributed by atoms with E-state index in [2.05, 4.69) is 10.1 Å². The number of rotatable bonds is 4. The van der Waals surface area contributed by atoms with Crippen molar-refractivity contribution in [3.05, 3.63) is 29.8 Å². The molecule has 4 N–H and O–H groups in total. The highest BCUT2D eigenvalue weighted by molar-refractivity contribution is 5.91. The molecule has 0 spiro atoms. The highest BCUT2D eigenvalue weighted by Crippen LogP contribution is 2.27.